The minimum atomic E-state index is -0.178. The molecule has 0 spiro atoms. The summed E-state index contributed by atoms with van der Waals surface area (Å²) in [6.07, 6.45) is 0. The summed E-state index contributed by atoms with van der Waals surface area (Å²) < 4.78 is 14.2. The van der Waals surface area contributed by atoms with Crippen LogP contribution in [0.15, 0.2) is 84.9 Å². The summed E-state index contributed by atoms with van der Waals surface area (Å²) in [6.45, 7) is 3.88. The number of benzene rings is 3. The van der Waals surface area contributed by atoms with Crippen LogP contribution < -0.4 is 20.4 Å². The average molecular weight is 457 g/mol. The lowest BCUT2D eigenvalue weighted by molar-refractivity contribution is -0.915. The SMILES string of the molecule is Nc1nc(C[NH+]2CCN(c3ccccc3F)CC2)nc(N(c2ccccc2)c2ccccc2)n1. The molecule has 0 radical (unpaired) electrons. The largest absolute Gasteiger partial charge is 0.368 e. The number of nitrogens with one attached hydrogen (secondary N) is 1. The number of halogens is 1. The minimum Gasteiger partial charge on any atom is -0.368 e. The van der Waals surface area contributed by atoms with Crippen molar-refractivity contribution < 1.29 is 9.29 Å². The van der Waals surface area contributed by atoms with Gasteiger partial charge in [-0.25, -0.2) is 4.39 Å². The lowest BCUT2D eigenvalue weighted by Crippen LogP contribution is -3.13. The highest BCUT2D eigenvalue weighted by Gasteiger charge is 2.24. The topological polar surface area (TPSA) is 75.6 Å². The molecule has 172 valence electrons. The Balaban J connectivity index is 1.36. The van der Waals surface area contributed by atoms with Gasteiger partial charge in [0.25, 0.3) is 0 Å². The number of quaternary nitrogens is 1. The summed E-state index contributed by atoms with van der Waals surface area (Å²) in [5.41, 5.74) is 8.67. The van der Waals surface area contributed by atoms with E-state index in [1.807, 2.05) is 77.7 Å². The molecule has 5 rings (SSSR count). The van der Waals surface area contributed by atoms with Crippen molar-refractivity contribution in [1.29, 1.82) is 0 Å². The van der Waals surface area contributed by atoms with E-state index in [1.54, 1.807) is 6.07 Å². The van der Waals surface area contributed by atoms with E-state index < -0.39 is 0 Å². The van der Waals surface area contributed by atoms with Gasteiger partial charge in [-0.3, -0.25) is 4.90 Å². The number of hydrogen-bond donors (Lipinski definition) is 2. The first kappa shape index (κ1) is 21.8. The Labute approximate surface area is 198 Å². The van der Waals surface area contributed by atoms with Crippen LogP contribution >= 0.6 is 0 Å². The van der Waals surface area contributed by atoms with Crippen molar-refractivity contribution in [3.63, 3.8) is 0 Å². The predicted octanol–water partition coefficient (Wildman–Crippen LogP) is 2.97. The third kappa shape index (κ3) is 4.82. The van der Waals surface area contributed by atoms with Gasteiger partial charge in [0, 0.05) is 11.4 Å². The molecule has 0 bridgehead atoms. The first-order valence-corrected chi connectivity index (χ1v) is 11.4. The quantitative estimate of drug-likeness (QED) is 0.465. The minimum absolute atomic E-state index is 0.178. The molecule has 4 aromatic rings. The number of anilines is 5. The van der Waals surface area contributed by atoms with Gasteiger partial charge in [-0.15, -0.1) is 0 Å². The van der Waals surface area contributed by atoms with Crippen LogP contribution in [0.5, 0.6) is 0 Å². The second-order valence-electron chi connectivity index (χ2n) is 8.28. The zero-order chi connectivity index (χ0) is 23.3. The lowest BCUT2D eigenvalue weighted by Gasteiger charge is -2.33. The molecule has 7 nitrogen and oxygen atoms in total. The van der Waals surface area contributed by atoms with Crippen LogP contribution in [0.3, 0.4) is 0 Å². The van der Waals surface area contributed by atoms with Crippen LogP contribution in [0.4, 0.5) is 33.3 Å². The lowest BCUT2D eigenvalue weighted by atomic mass is 10.2. The van der Waals surface area contributed by atoms with E-state index in [2.05, 4.69) is 14.9 Å². The van der Waals surface area contributed by atoms with Crippen molar-refractivity contribution in [2.75, 3.05) is 41.7 Å². The number of nitrogen functional groups attached to an aromatic ring is 1. The molecule has 0 unspecified atom stereocenters. The monoisotopic (exact) mass is 456 g/mol. The van der Waals surface area contributed by atoms with E-state index in [0.29, 0.717) is 24.0 Å². The molecule has 0 amide bonds. The smallest absolute Gasteiger partial charge is 0.239 e. The second kappa shape index (κ2) is 9.84. The molecule has 3 N–H and O–H groups in total. The van der Waals surface area contributed by atoms with E-state index >= 15 is 0 Å². The van der Waals surface area contributed by atoms with Gasteiger partial charge in [0.2, 0.25) is 11.9 Å². The number of piperazine rings is 1. The third-order valence-electron chi connectivity index (χ3n) is 5.99. The molecule has 1 aliphatic rings. The molecule has 0 atom stereocenters. The summed E-state index contributed by atoms with van der Waals surface area (Å²) in [5.74, 6) is 1.15. The van der Waals surface area contributed by atoms with Crippen LogP contribution in [0, 0.1) is 5.82 Å². The van der Waals surface area contributed by atoms with Crippen LogP contribution in [-0.2, 0) is 6.54 Å². The predicted molar refractivity (Wildman–Crippen MR) is 132 cm³/mol. The maximum Gasteiger partial charge on any atom is 0.239 e. The molecule has 0 saturated carbocycles. The maximum absolute atomic E-state index is 14.2. The van der Waals surface area contributed by atoms with Gasteiger partial charge >= 0.3 is 0 Å². The highest BCUT2D eigenvalue weighted by molar-refractivity contribution is 5.72. The number of nitrogens with zero attached hydrogens (tertiary/aromatic N) is 5. The number of para-hydroxylation sites is 3. The molecule has 3 aromatic carbocycles. The van der Waals surface area contributed by atoms with Crippen LogP contribution in [-0.4, -0.2) is 41.1 Å². The van der Waals surface area contributed by atoms with Crippen LogP contribution in [0.25, 0.3) is 0 Å². The molecule has 0 aliphatic carbocycles. The molecule has 8 heteroatoms. The fraction of sp³-hybridized carbons (Fsp3) is 0.192. The Bertz CT molecular complexity index is 1190. The molecular formula is C26H27FN7+. The second-order valence-corrected chi connectivity index (χ2v) is 8.28. The zero-order valence-corrected chi connectivity index (χ0v) is 18.8. The van der Waals surface area contributed by atoms with Crippen LogP contribution in [0.1, 0.15) is 5.82 Å². The van der Waals surface area contributed by atoms with E-state index in [-0.39, 0.29) is 11.8 Å². The standard InChI is InChI=1S/C26H26FN7/c27-22-13-7-8-14-23(22)33-17-15-32(16-18-33)19-24-29-25(28)31-26(30-24)34(20-9-3-1-4-10-20)21-11-5-2-6-12-21/h1-14H,15-19H2,(H2,28,29,30,31)/p+1. The highest BCUT2D eigenvalue weighted by atomic mass is 19.1. The summed E-state index contributed by atoms with van der Waals surface area (Å²) in [4.78, 5) is 19.1. The Morgan fingerprint density at radius 1 is 0.794 bits per heavy atom. The zero-order valence-electron chi connectivity index (χ0n) is 18.8. The van der Waals surface area contributed by atoms with Gasteiger partial charge in [0.05, 0.1) is 31.9 Å². The maximum atomic E-state index is 14.2. The molecule has 2 heterocycles. The van der Waals surface area contributed by atoms with Gasteiger partial charge in [0.1, 0.15) is 12.4 Å². The van der Waals surface area contributed by atoms with Gasteiger partial charge in [-0.1, -0.05) is 48.5 Å². The Morgan fingerprint density at radius 3 is 2.00 bits per heavy atom. The van der Waals surface area contributed by atoms with Crippen molar-refractivity contribution in [3.05, 3.63) is 96.6 Å². The van der Waals surface area contributed by atoms with E-state index in [9.17, 15) is 4.39 Å². The molecule has 1 aliphatic heterocycles. The number of hydrogen-bond acceptors (Lipinski definition) is 6. The Hall–Kier alpha value is -4.04. The highest BCUT2D eigenvalue weighted by Crippen LogP contribution is 2.31. The van der Waals surface area contributed by atoms with E-state index in [0.717, 1.165) is 37.6 Å². The van der Waals surface area contributed by atoms with E-state index in [4.69, 9.17) is 10.7 Å². The van der Waals surface area contributed by atoms with E-state index in [1.165, 1.54) is 11.0 Å². The average Bonchev–Trinajstić information content (AvgIpc) is 2.86. The third-order valence-corrected chi connectivity index (χ3v) is 5.99. The fourth-order valence-corrected chi connectivity index (χ4v) is 4.31. The van der Waals surface area contributed by atoms with Crippen molar-refractivity contribution in [3.8, 4) is 0 Å². The summed E-state index contributed by atoms with van der Waals surface area (Å²) in [6, 6.07) is 26.9. The first-order chi connectivity index (χ1) is 16.7. The molecule has 1 aromatic heterocycles. The van der Waals surface area contributed by atoms with Crippen molar-refractivity contribution in [2.45, 2.75) is 6.54 Å². The van der Waals surface area contributed by atoms with Gasteiger partial charge in [-0.05, 0) is 36.4 Å². The molecule has 34 heavy (non-hydrogen) atoms. The van der Waals surface area contributed by atoms with Crippen molar-refractivity contribution >= 4 is 29.0 Å². The van der Waals surface area contributed by atoms with Gasteiger partial charge in [-0.2, -0.15) is 15.0 Å². The van der Waals surface area contributed by atoms with Crippen LogP contribution in [0.2, 0.25) is 0 Å². The van der Waals surface area contributed by atoms with Crippen molar-refractivity contribution in [2.24, 2.45) is 0 Å². The number of rotatable bonds is 6. The van der Waals surface area contributed by atoms with Crippen molar-refractivity contribution in [1.82, 2.24) is 15.0 Å². The fourth-order valence-electron chi connectivity index (χ4n) is 4.31. The van der Waals surface area contributed by atoms with Gasteiger partial charge in [0.15, 0.2) is 5.82 Å². The molecule has 1 fully saturated rings. The normalized spacial score (nSPS) is 14.2. The number of aromatic nitrogens is 3. The molecule has 1 saturated heterocycles. The number of nitrogens with two attached hydrogens (primary N) is 1. The summed E-state index contributed by atoms with van der Waals surface area (Å²) in [5, 5.41) is 0. The molecular weight excluding hydrogens is 429 g/mol. The Kier molecular flexibility index (Phi) is 6.31. The Morgan fingerprint density at radius 2 is 1.38 bits per heavy atom. The summed E-state index contributed by atoms with van der Waals surface area (Å²) >= 11 is 0. The van der Waals surface area contributed by atoms with Gasteiger partial charge < -0.3 is 15.5 Å². The first-order valence-electron chi connectivity index (χ1n) is 11.4. The summed E-state index contributed by atoms with van der Waals surface area (Å²) in [7, 11) is 0.